The number of aryl methyl sites for hydroxylation is 1. The third kappa shape index (κ3) is 6.83. The van der Waals surface area contributed by atoms with E-state index in [0.717, 1.165) is 59.3 Å². The Morgan fingerprint density at radius 2 is 1.61 bits per heavy atom. The second kappa shape index (κ2) is 13.4. The van der Waals surface area contributed by atoms with Crippen LogP contribution in [-0.4, -0.2) is 25.2 Å². The summed E-state index contributed by atoms with van der Waals surface area (Å²) < 4.78 is 27.2. The Morgan fingerprint density at radius 3 is 2.18 bits per heavy atom. The molecular weight excluding hydrogens is 497 g/mol. The maximum absolute atomic E-state index is 13.9. The van der Waals surface area contributed by atoms with Gasteiger partial charge < -0.3 is 5.11 Å². The second-order valence-electron chi connectivity index (χ2n) is 10.6. The highest BCUT2D eigenvalue weighted by Crippen LogP contribution is 2.40. The molecule has 1 unspecified atom stereocenters. The Balaban J connectivity index is 2.20. The number of carbonyl (C=O) groups excluding carboxylic acids is 1. The molecule has 0 saturated carbocycles. The molecule has 0 radical (unpaired) electrons. The van der Waals surface area contributed by atoms with Gasteiger partial charge in [0, 0.05) is 22.5 Å². The summed E-state index contributed by atoms with van der Waals surface area (Å²) in [5, 5.41) is 11.2. The number of carbonyl (C=O) groups is 1. The number of aliphatic hydroxyl groups is 1. The van der Waals surface area contributed by atoms with Crippen molar-refractivity contribution in [3.63, 3.8) is 0 Å². The van der Waals surface area contributed by atoms with Crippen LogP contribution >= 0.6 is 0 Å². The van der Waals surface area contributed by atoms with Crippen molar-refractivity contribution in [3.8, 4) is 11.1 Å². The second-order valence-corrected chi connectivity index (χ2v) is 11.9. The molecular formula is C32H40FNO3S. The molecule has 2 atom stereocenters. The summed E-state index contributed by atoms with van der Waals surface area (Å²) in [4.78, 5) is 18.1. The van der Waals surface area contributed by atoms with E-state index in [4.69, 9.17) is 4.98 Å². The zero-order valence-electron chi connectivity index (χ0n) is 23.4. The molecule has 3 aromatic rings. The lowest BCUT2D eigenvalue weighted by Gasteiger charge is -2.27. The number of hydrogen-bond donors (Lipinski definition) is 1. The van der Waals surface area contributed by atoms with E-state index in [0.29, 0.717) is 11.1 Å². The number of hydrogen-bond acceptors (Lipinski definition) is 4. The Morgan fingerprint density at radius 1 is 0.974 bits per heavy atom. The maximum Gasteiger partial charge on any atom is 0.249 e. The van der Waals surface area contributed by atoms with Crippen LogP contribution in [0, 0.1) is 12.7 Å². The first kappa shape index (κ1) is 29.9. The van der Waals surface area contributed by atoms with Crippen molar-refractivity contribution in [1.82, 2.24) is 4.98 Å². The highest BCUT2D eigenvalue weighted by Gasteiger charge is 2.30. The molecule has 6 heteroatoms. The summed E-state index contributed by atoms with van der Waals surface area (Å²) in [7, 11) is -1.95. The lowest BCUT2D eigenvalue weighted by molar-refractivity contribution is 0.107. The molecule has 0 aliphatic carbocycles. The van der Waals surface area contributed by atoms with Crippen LogP contribution in [-0.2, 0) is 17.2 Å². The summed E-state index contributed by atoms with van der Waals surface area (Å²) in [6, 6.07) is 13.3. The summed E-state index contributed by atoms with van der Waals surface area (Å²) >= 11 is 0. The van der Waals surface area contributed by atoms with Crippen molar-refractivity contribution in [3.05, 3.63) is 88.0 Å². The normalized spacial score (nSPS) is 13.2. The zero-order valence-corrected chi connectivity index (χ0v) is 24.2. The standard InChI is InChI=1S/C32H40FNO3S/c1-7-8-9-14-26-28(23-15-17-24(33)18-16-23)29(31(21(4)5)34-30(26)20(2)3)27(35)19-38(37)32(36)25-13-11-10-12-22(25)6/h10-13,15-18,20-21,27,35H,7-9,14,19H2,1-6H3/t27-,38?/m1/s1. The van der Waals surface area contributed by atoms with Gasteiger partial charge in [0.25, 0.3) is 0 Å². The molecule has 38 heavy (non-hydrogen) atoms. The Hall–Kier alpha value is -2.70. The number of pyridine rings is 1. The van der Waals surface area contributed by atoms with E-state index in [9.17, 15) is 18.5 Å². The molecule has 2 aromatic carbocycles. The highest BCUT2D eigenvalue weighted by molar-refractivity contribution is 8.00. The highest BCUT2D eigenvalue weighted by atomic mass is 32.2. The topological polar surface area (TPSA) is 67.3 Å². The monoisotopic (exact) mass is 537 g/mol. The molecule has 1 aromatic heterocycles. The molecule has 1 heterocycles. The predicted molar refractivity (Wildman–Crippen MR) is 155 cm³/mol. The Kier molecular flexibility index (Phi) is 10.5. The fourth-order valence-electron chi connectivity index (χ4n) is 4.91. The SMILES string of the molecule is CCCCCc1c(C(C)C)nc(C(C)C)c([C@H](O)CS(=O)C(=O)c2ccccc2C)c1-c1ccc(F)cc1. The fraction of sp³-hybridized carbons (Fsp3) is 0.438. The van der Waals surface area contributed by atoms with Gasteiger partial charge in [-0.3, -0.25) is 14.0 Å². The van der Waals surface area contributed by atoms with Crippen LogP contribution in [0.2, 0.25) is 0 Å². The molecule has 4 nitrogen and oxygen atoms in total. The first-order chi connectivity index (χ1) is 18.1. The van der Waals surface area contributed by atoms with Gasteiger partial charge in [0.05, 0.1) is 22.7 Å². The van der Waals surface area contributed by atoms with Gasteiger partial charge in [-0.05, 0) is 66.0 Å². The third-order valence-corrected chi connectivity index (χ3v) is 8.12. The number of aliphatic hydroxyl groups excluding tert-OH is 1. The van der Waals surface area contributed by atoms with Crippen LogP contribution in [0.4, 0.5) is 4.39 Å². The number of aromatic nitrogens is 1. The number of unbranched alkanes of at least 4 members (excludes halogenated alkanes) is 2. The van der Waals surface area contributed by atoms with Crippen LogP contribution in [0.15, 0.2) is 48.5 Å². The quantitative estimate of drug-likeness (QED) is 0.253. The van der Waals surface area contributed by atoms with E-state index in [1.807, 2.05) is 32.9 Å². The molecule has 0 spiro atoms. The lowest BCUT2D eigenvalue weighted by Crippen LogP contribution is -2.21. The summed E-state index contributed by atoms with van der Waals surface area (Å²) in [5.74, 6) is -0.457. The van der Waals surface area contributed by atoms with Gasteiger partial charge in [-0.15, -0.1) is 0 Å². The maximum atomic E-state index is 13.9. The largest absolute Gasteiger partial charge is 0.387 e. The molecule has 0 aliphatic rings. The van der Waals surface area contributed by atoms with Crippen LogP contribution in [0.25, 0.3) is 11.1 Å². The van der Waals surface area contributed by atoms with Crippen molar-refractivity contribution < 1.29 is 18.5 Å². The van der Waals surface area contributed by atoms with Gasteiger partial charge in [0.2, 0.25) is 5.12 Å². The molecule has 0 saturated heterocycles. The fourth-order valence-corrected chi connectivity index (χ4v) is 5.99. The van der Waals surface area contributed by atoms with E-state index < -0.39 is 22.0 Å². The van der Waals surface area contributed by atoms with Crippen LogP contribution < -0.4 is 0 Å². The number of halogens is 1. The average Bonchev–Trinajstić information content (AvgIpc) is 2.88. The minimum absolute atomic E-state index is 0.0263. The lowest BCUT2D eigenvalue weighted by atomic mass is 9.83. The minimum atomic E-state index is -1.95. The first-order valence-corrected chi connectivity index (χ1v) is 14.9. The number of nitrogens with zero attached hydrogens (tertiary/aromatic N) is 1. The number of rotatable bonds is 11. The van der Waals surface area contributed by atoms with Crippen LogP contribution in [0.5, 0.6) is 0 Å². The molecule has 3 rings (SSSR count). The molecule has 0 bridgehead atoms. The Bertz CT molecular complexity index is 1280. The van der Waals surface area contributed by atoms with E-state index in [1.54, 1.807) is 24.3 Å². The van der Waals surface area contributed by atoms with Gasteiger partial charge in [0.1, 0.15) is 5.82 Å². The van der Waals surface area contributed by atoms with Crippen molar-refractivity contribution in [2.45, 2.75) is 85.2 Å². The molecule has 0 aliphatic heterocycles. The van der Waals surface area contributed by atoms with E-state index in [-0.39, 0.29) is 23.4 Å². The number of benzene rings is 2. The van der Waals surface area contributed by atoms with Crippen molar-refractivity contribution >= 4 is 15.9 Å². The first-order valence-electron chi connectivity index (χ1n) is 13.6. The summed E-state index contributed by atoms with van der Waals surface area (Å²) in [6.07, 6.45) is 2.67. The summed E-state index contributed by atoms with van der Waals surface area (Å²) in [5.41, 5.74) is 6.08. The van der Waals surface area contributed by atoms with Gasteiger partial charge in [-0.25, -0.2) is 4.39 Å². The minimum Gasteiger partial charge on any atom is -0.387 e. The van der Waals surface area contributed by atoms with E-state index in [1.165, 1.54) is 12.1 Å². The van der Waals surface area contributed by atoms with Crippen LogP contribution in [0.3, 0.4) is 0 Å². The van der Waals surface area contributed by atoms with Gasteiger partial charge in [-0.1, -0.05) is 83.9 Å². The van der Waals surface area contributed by atoms with Crippen LogP contribution in [0.1, 0.15) is 110 Å². The molecule has 204 valence electrons. The predicted octanol–water partition coefficient (Wildman–Crippen LogP) is 7.80. The third-order valence-electron chi connectivity index (χ3n) is 6.87. The summed E-state index contributed by atoms with van der Waals surface area (Å²) in [6.45, 7) is 12.2. The Labute approximate surface area is 229 Å². The molecule has 0 fully saturated rings. The van der Waals surface area contributed by atoms with Crippen molar-refractivity contribution in [2.75, 3.05) is 5.75 Å². The average molecular weight is 538 g/mol. The molecule has 0 amide bonds. The van der Waals surface area contributed by atoms with E-state index in [2.05, 4.69) is 20.8 Å². The zero-order chi connectivity index (χ0) is 28.0. The molecule has 1 N–H and O–H groups in total. The van der Waals surface area contributed by atoms with Gasteiger partial charge in [-0.2, -0.15) is 0 Å². The van der Waals surface area contributed by atoms with Crippen molar-refractivity contribution in [2.24, 2.45) is 0 Å². The van der Waals surface area contributed by atoms with Crippen molar-refractivity contribution in [1.29, 1.82) is 0 Å². The smallest absolute Gasteiger partial charge is 0.249 e. The van der Waals surface area contributed by atoms with Gasteiger partial charge >= 0.3 is 0 Å². The van der Waals surface area contributed by atoms with Gasteiger partial charge in [0.15, 0.2) is 0 Å². The van der Waals surface area contributed by atoms with E-state index >= 15 is 0 Å².